The van der Waals surface area contributed by atoms with Crippen molar-refractivity contribution < 1.29 is 30.6 Å². The Kier molecular flexibility index (Phi) is 5.84. The van der Waals surface area contributed by atoms with Gasteiger partial charge in [-0.15, -0.1) is 0 Å². The van der Waals surface area contributed by atoms with Crippen LogP contribution in [0.2, 0.25) is 0 Å². The maximum absolute atomic E-state index is 12.9. The van der Waals surface area contributed by atoms with E-state index in [-0.39, 0.29) is 16.3 Å². The molecule has 1 aromatic heterocycles. The minimum Gasteiger partial charge on any atom is -0.336 e. The van der Waals surface area contributed by atoms with Gasteiger partial charge in [-0.3, -0.25) is 13.9 Å². The van der Waals surface area contributed by atoms with Crippen LogP contribution >= 0.6 is 0 Å². The van der Waals surface area contributed by atoms with Crippen LogP contribution in [-0.4, -0.2) is 26.4 Å². The molecule has 2 heterocycles. The lowest BCUT2D eigenvalue weighted by molar-refractivity contribution is -0.137. The number of halogens is 3. The number of H-pyrrole nitrogens is 1. The molecule has 3 aromatic rings. The van der Waals surface area contributed by atoms with Crippen molar-refractivity contribution >= 4 is 39.3 Å². The average Bonchev–Trinajstić information content (AvgIpc) is 3.23. The summed E-state index contributed by atoms with van der Waals surface area (Å²) in [5.41, 5.74) is 1.14. The molecule has 176 valence electrons. The maximum atomic E-state index is 12.9. The number of nitrogens with zero attached hydrogens (tertiary/aromatic N) is 1. The summed E-state index contributed by atoms with van der Waals surface area (Å²) in [6.45, 7) is 3.93. The highest BCUT2D eigenvalue weighted by Gasteiger charge is 2.31. The first-order valence-electron chi connectivity index (χ1n) is 9.79. The molecule has 0 unspecified atom stereocenters. The summed E-state index contributed by atoms with van der Waals surface area (Å²) in [5, 5.41) is 2.61. The Morgan fingerprint density at radius 1 is 1.09 bits per heavy atom. The SMILES string of the molecule is C=C1C=Cc2cc(C(=O)Nc3cccc(S(=O)(=O)OC)c3)[nH]c2N1c1ccc(C(F)(F)F)cc1. The molecule has 0 saturated carbocycles. The molecular formula is C23H18F3N3O4S. The predicted octanol–water partition coefficient (Wildman–Crippen LogP) is 5.30. The van der Waals surface area contributed by atoms with E-state index in [1.54, 1.807) is 23.1 Å². The maximum Gasteiger partial charge on any atom is 0.416 e. The monoisotopic (exact) mass is 489 g/mol. The van der Waals surface area contributed by atoms with Crippen molar-refractivity contribution in [3.8, 4) is 0 Å². The van der Waals surface area contributed by atoms with Gasteiger partial charge in [-0.25, -0.2) is 0 Å². The molecule has 1 aliphatic rings. The van der Waals surface area contributed by atoms with Crippen LogP contribution in [0.25, 0.3) is 6.08 Å². The first kappa shape index (κ1) is 23.3. The van der Waals surface area contributed by atoms with Crippen LogP contribution in [0.4, 0.5) is 30.4 Å². The molecule has 2 N–H and O–H groups in total. The van der Waals surface area contributed by atoms with Gasteiger partial charge in [0.2, 0.25) is 0 Å². The number of carbonyl (C=O) groups is 1. The van der Waals surface area contributed by atoms with Gasteiger partial charge < -0.3 is 10.3 Å². The molecule has 0 atom stereocenters. The minimum atomic E-state index is -4.46. The molecule has 1 amide bonds. The second-order valence-electron chi connectivity index (χ2n) is 7.29. The van der Waals surface area contributed by atoms with Crippen LogP contribution < -0.4 is 10.2 Å². The first-order chi connectivity index (χ1) is 16.0. The average molecular weight is 489 g/mol. The highest BCUT2D eigenvalue weighted by molar-refractivity contribution is 7.86. The normalized spacial score (nSPS) is 13.6. The molecule has 0 spiro atoms. The summed E-state index contributed by atoms with van der Waals surface area (Å²) >= 11 is 0. The lowest BCUT2D eigenvalue weighted by atomic mass is 10.1. The number of nitrogens with one attached hydrogen (secondary N) is 2. The summed E-state index contributed by atoms with van der Waals surface area (Å²) in [6, 6.07) is 11.7. The van der Waals surface area contributed by atoms with Gasteiger partial charge in [0, 0.05) is 22.6 Å². The Balaban J connectivity index is 1.62. The van der Waals surface area contributed by atoms with E-state index in [1.807, 2.05) is 0 Å². The molecule has 2 aromatic carbocycles. The van der Waals surface area contributed by atoms with Gasteiger partial charge in [0.25, 0.3) is 16.0 Å². The number of anilines is 3. The summed E-state index contributed by atoms with van der Waals surface area (Å²) < 4.78 is 67.0. The van der Waals surface area contributed by atoms with Crippen molar-refractivity contribution in [2.75, 3.05) is 17.3 Å². The quantitative estimate of drug-likeness (QED) is 0.475. The van der Waals surface area contributed by atoms with Crippen LogP contribution in [0.3, 0.4) is 0 Å². The lowest BCUT2D eigenvalue weighted by Gasteiger charge is -2.27. The van der Waals surface area contributed by atoms with Crippen molar-refractivity contribution in [3.05, 3.63) is 89.8 Å². The van der Waals surface area contributed by atoms with E-state index in [2.05, 4.69) is 21.1 Å². The van der Waals surface area contributed by atoms with Crippen LogP contribution in [0.5, 0.6) is 0 Å². The zero-order chi connectivity index (χ0) is 24.7. The lowest BCUT2D eigenvalue weighted by Crippen LogP contribution is -2.18. The number of fused-ring (bicyclic) bond motifs is 1. The van der Waals surface area contributed by atoms with Gasteiger partial charge >= 0.3 is 6.18 Å². The van der Waals surface area contributed by atoms with E-state index < -0.39 is 27.8 Å². The summed E-state index contributed by atoms with van der Waals surface area (Å²) in [5.74, 6) is -0.0964. The number of amides is 1. The van der Waals surface area contributed by atoms with Gasteiger partial charge in [-0.1, -0.05) is 12.6 Å². The van der Waals surface area contributed by atoms with E-state index in [0.717, 1.165) is 19.2 Å². The summed E-state index contributed by atoms with van der Waals surface area (Å²) in [7, 11) is -2.90. The second kappa shape index (κ2) is 8.50. The van der Waals surface area contributed by atoms with E-state index in [9.17, 15) is 26.4 Å². The zero-order valence-corrected chi connectivity index (χ0v) is 18.5. The molecule has 4 rings (SSSR count). The molecule has 0 saturated heterocycles. The van der Waals surface area contributed by atoms with Gasteiger partial charge in [0.05, 0.1) is 17.6 Å². The van der Waals surface area contributed by atoms with Gasteiger partial charge in [-0.05, 0) is 60.7 Å². The number of aromatic amines is 1. The van der Waals surface area contributed by atoms with Crippen molar-refractivity contribution in [2.24, 2.45) is 0 Å². The number of aromatic nitrogens is 1. The van der Waals surface area contributed by atoms with Gasteiger partial charge in [0.1, 0.15) is 11.5 Å². The Hall–Kier alpha value is -3.83. The number of hydrogen-bond donors (Lipinski definition) is 2. The molecule has 0 aliphatic carbocycles. The van der Waals surface area contributed by atoms with Crippen molar-refractivity contribution in [3.63, 3.8) is 0 Å². The van der Waals surface area contributed by atoms with Crippen LogP contribution in [0, 0.1) is 0 Å². The number of hydrogen-bond acceptors (Lipinski definition) is 5. The van der Waals surface area contributed by atoms with Crippen LogP contribution in [0.15, 0.2) is 77.8 Å². The molecule has 34 heavy (non-hydrogen) atoms. The molecular weight excluding hydrogens is 471 g/mol. The molecule has 1 aliphatic heterocycles. The van der Waals surface area contributed by atoms with E-state index in [1.165, 1.54) is 36.4 Å². The van der Waals surface area contributed by atoms with Gasteiger partial charge in [0.15, 0.2) is 0 Å². The van der Waals surface area contributed by atoms with Crippen LogP contribution in [0.1, 0.15) is 21.6 Å². The third-order valence-corrected chi connectivity index (χ3v) is 6.36. The fourth-order valence-corrected chi connectivity index (χ4v) is 4.13. The van der Waals surface area contributed by atoms with Gasteiger partial charge in [-0.2, -0.15) is 21.6 Å². The zero-order valence-electron chi connectivity index (χ0n) is 17.7. The molecule has 0 fully saturated rings. The highest BCUT2D eigenvalue weighted by atomic mass is 32.2. The number of benzene rings is 2. The summed E-state index contributed by atoms with van der Waals surface area (Å²) in [6.07, 6.45) is -1.06. The predicted molar refractivity (Wildman–Crippen MR) is 121 cm³/mol. The highest BCUT2D eigenvalue weighted by Crippen LogP contribution is 2.38. The first-order valence-corrected chi connectivity index (χ1v) is 11.2. The van der Waals surface area contributed by atoms with E-state index in [4.69, 9.17) is 0 Å². The number of alkyl halides is 3. The molecule has 0 bridgehead atoms. The Bertz CT molecular complexity index is 1410. The van der Waals surface area contributed by atoms with Crippen molar-refractivity contribution in [1.29, 1.82) is 0 Å². The fraction of sp³-hybridized carbons (Fsp3) is 0.0870. The minimum absolute atomic E-state index is 0.119. The second-order valence-corrected chi connectivity index (χ2v) is 9.01. The van der Waals surface area contributed by atoms with Crippen LogP contribution in [-0.2, 0) is 20.5 Å². The van der Waals surface area contributed by atoms with E-state index in [0.29, 0.717) is 22.8 Å². The third kappa shape index (κ3) is 4.47. The molecule has 7 nitrogen and oxygen atoms in total. The fourth-order valence-electron chi connectivity index (χ4n) is 3.42. The van der Waals surface area contributed by atoms with E-state index >= 15 is 0 Å². The van der Waals surface area contributed by atoms with Crippen molar-refractivity contribution in [2.45, 2.75) is 11.1 Å². The Morgan fingerprint density at radius 2 is 1.79 bits per heavy atom. The topological polar surface area (TPSA) is 91.5 Å². The Morgan fingerprint density at radius 3 is 2.44 bits per heavy atom. The number of allylic oxidation sites excluding steroid dienone is 1. The third-order valence-electron chi connectivity index (χ3n) is 5.09. The largest absolute Gasteiger partial charge is 0.416 e. The van der Waals surface area contributed by atoms with Crippen molar-refractivity contribution in [1.82, 2.24) is 4.98 Å². The standard InChI is InChI=1S/C23H18F3N3O4S/c1-14-6-7-15-12-20(22(30)27-17-4-3-5-19(13-17)34(31,32)33-2)28-21(15)29(14)18-10-8-16(9-11-18)23(24,25)26/h3-13,28H,1H2,2H3,(H,27,30). The number of rotatable bonds is 5. The summed E-state index contributed by atoms with van der Waals surface area (Å²) in [4.78, 5) is 17.3. The smallest absolute Gasteiger partial charge is 0.336 e. The number of carbonyl (C=O) groups excluding carboxylic acids is 1. The molecule has 11 heteroatoms. The Labute approximate surface area is 193 Å². The molecule has 0 radical (unpaired) electrons.